The largest absolute Gasteiger partial charge is 0.309 e. The van der Waals surface area contributed by atoms with Crippen LogP contribution in [0.5, 0.6) is 0 Å². The van der Waals surface area contributed by atoms with Crippen molar-refractivity contribution < 1.29 is 0 Å². The fraction of sp³-hybridized carbons (Fsp3) is 0.138. The minimum absolute atomic E-state index is 0.153. The number of aryl methyl sites for hydroxylation is 1. The Hall–Kier alpha value is -3.65. The molecule has 0 amide bonds. The first-order valence-corrected chi connectivity index (χ1v) is 10.8. The molecule has 0 radical (unpaired) electrons. The van der Waals surface area contributed by atoms with Gasteiger partial charge in [-0.3, -0.25) is 4.99 Å². The molecule has 2 nitrogen and oxygen atoms in total. The molecule has 0 aliphatic carbocycles. The van der Waals surface area contributed by atoms with Gasteiger partial charge in [0.05, 0.1) is 22.4 Å². The molecule has 1 aliphatic heterocycles. The normalized spacial score (nSPS) is 14.7. The summed E-state index contributed by atoms with van der Waals surface area (Å²) in [6, 6.07) is 32.7. The standard InChI is InChI=1S/C29H24N2/c1-19-13-15-21(16-14-19)31-26-12-8-7-11-22(26)23-17-25-24(18-27(23)31)29(2,3)28(30-25)20-9-5-4-6-10-20/h4-18H,1-3H3. The molecule has 2 heterocycles. The van der Waals surface area contributed by atoms with E-state index in [0.29, 0.717) is 0 Å². The van der Waals surface area contributed by atoms with Crippen LogP contribution in [0.25, 0.3) is 27.5 Å². The maximum atomic E-state index is 5.13. The van der Waals surface area contributed by atoms with Gasteiger partial charge in [-0.1, -0.05) is 80.1 Å². The zero-order chi connectivity index (χ0) is 21.2. The predicted molar refractivity (Wildman–Crippen MR) is 131 cm³/mol. The average Bonchev–Trinajstić information content (AvgIpc) is 3.25. The third kappa shape index (κ3) is 2.61. The van der Waals surface area contributed by atoms with Gasteiger partial charge in [-0.2, -0.15) is 0 Å². The zero-order valence-electron chi connectivity index (χ0n) is 18.1. The lowest BCUT2D eigenvalue weighted by atomic mass is 9.79. The smallest absolute Gasteiger partial charge is 0.0682 e. The second kappa shape index (κ2) is 6.42. The molecule has 1 aromatic heterocycles. The Kier molecular flexibility index (Phi) is 3.76. The lowest BCUT2D eigenvalue weighted by Gasteiger charge is -2.23. The number of hydrogen-bond donors (Lipinski definition) is 0. The summed E-state index contributed by atoms with van der Waals surface area (Å²) >= 11 is 0. The van der Waals surface area contributed by atoms with Crippen LogP contribution in [0.3, 0.4) is 0 Å². The fourth-order valence-corrected chi connectivity index (χ4v) is 4.98. The van der Waals surface area contributed by atoms with E-state index >= 15 is 0 Å². The van der Waals surface area contributed by atoms with Crippen LogP contribution in [0.2, 0.25) is 0 Å². The highest BCUT2D eigenvalue weighted by Gasteiger charge is 2.36. The number of nitrogens with zero attached hydrogens (tertiary/aromatic N) is 2. The molecule has 6 rings (SSSR count). The molecule has 31 heavy (non-hydrogen) atoms. The monoisotopic (exact) mass is 400 g/mol. The molecule has 0 N–H and O–H groups in total. The van der Waals surface area contributed by atoms with Crippen LogP contribution in [0.1, 0.15) is 30.5 Å². The Morgan fingerprint density at radius 3 is 2.19 bits per heavy atom. The molecule has 0 atom stereocenters. The minimum Gasteiger partial charge on any atom is -0.309 e. The zero-order valence-corrected chi connectivity index (χ0v) is 18.1. The van der Waals surface area contributed by atoms with Gasteiger partial charge in [-0.15, -0.1) is 0 Å². The third-order valence-electron chi connectivity index (χ3n) is 6.63. The van der Waals surface area contributed by atoms with Crippen molar-refractivity contribution in [2.24, 2.45) is 4.99 Å². The van der Waals surface area contributed by atoms with Crippen molar-refractivity contribution in [2.45, 2.75) is 26.2 Å². The van der Waals surface area contributed by atoms with Crippen molar-refractivity contribution in [3.8, 4) is 5.69 Å². The number of aromatic nitrogens is 1. The molecular weight excluding hydrogens is 376 g/mol. The van der Waals surface area contributed by atoms with Crippen molar-refractivity contribution in [1.29, 1.82) is 0 Å². The maximum absolute atomic E-state index is 5.13. The van der Waals surface area contributed by atoms with Crippen LogP contribution in [0, 0.1) is 6.92 Å². The van der Waals surface area contributed by atoms with E-state index in [1.165, 1.54) is 44.2 Å². The highest BCUT2D eigenvalue weighted by molar-refractivity contribution is 6.16. The van der Waals surface area contributed by atoms with Crippen molar-refractivity contribution >= 4 is 33.2 Å². The molecule has 0 unspecified atom stereocenters. The molecule has 0 fully saturated rings. The van der Waals surface area contributed by atoms with Gasteiger partial charge in [0, 0.05) is 21.9 Å². The van der Waals surface area contributed by atoms with Gasteiger partial charge < -0.3 is 4.57 Å². The van der Waals surface area contributed by atoms with E-state index in [1.807, 2.05) is 0 Å². The van der Waals surface area contributed by atoms with Crippen LogP contribution in [0.15, 0.2) is 96.0 Å². The summed E-state index contributed by atoms with van der Waals surface area (Å²) in [7, 11) is 0. The van der Waals surface area contributed by atoms with Crippen molar-refractivity contribution in [2.75, 3.05) is 0 Å². The summed E-state index contributed by atoms with van der Waals surface area (Å²) in [5.74, 6) is 0. The third-order valence-corrected chi connectivity index (χ3v) is 6.63. The summed E-state index contributed by atoms with van der Waals surface area (Å²) in [5.41, 5.74) is 9.49. The molecular formula is C29H24N2. The quantitative estimate of drug-likeness (QED) is 0.292. The molecule has 0 bridgehead atoms. The van der Waals surface area contributed by atoms with Crippen LogP contribution in [-0.2, 0) is 5.41 Å². The second-order valence-corrected chi connectivity index (χ2v) is 9.03. The highest BCUT2D eigenvalue weighted by Crippen LogP contribution is 2.46. The Labute approximate surface area is 182 Å². The summed E-state index contributed by atoms with van der Waals surface area (Å²) in [6.07, 6.45) is 0. The number of aliphatic imine (C=N–C) groups is 1. The van der Waals surface area contributed by atoms with E-state index in [9.17, 15) is 0 Å². The molecule has 150 valence electrons. The van der Waals surface area contributed by atoms with Crippen LogP contribution in [0.4, 0.5) is 5.69 Å². The summed E-state index contributed by atoms with van der Waals surface area (Å²) in [5, 5.41) is 2.52. The molecule has 0 saturated heterocycles. The van der Waals surface area contributed by atoms with Crippen LogP contribution < -0.4 is 0 Å². The van der Waals surface area contributed by atoms with Gasteiger partial charge in [0.1, 0.15) is 0 Å². The van der Waals surface area contributed by atoms with Gasteiger partial charge in [-0.05, 0) is 48.4 Å². The van der Waals surface area contributed by atoms with Crippen molar-refractivity contribution in [1.82, 2.24) is 4.57 Å². The Morgan fingerprint density at radius 1 is 0.710 bits per heavy atom. The highest BCUT2D eigenvalue weighted by atomic mass is 15.0. The first kappa shape index (κ1) is 18.1. The first-order valence-electron chi connectivity index (χ1n) is 10.8. The van der Waals surface area contributed by atoms with Crippen molar-refractivity contribution in [3.05, 3.63) is 108 Å². The number of para-hydroxylation sites is 1. The van der Waals surface area contributed by atoms with Crippen LogP contribution >= 0.6 is 0 Å². The van der Waals surface area contributed by atoms with Crippen LogP contribution in [-0.4, -0.2) is 10.3 Å². The second-order valence-electron chi connectivity index (χ2n) is 9.03. The molecule has 2 heteroatoms. The topological polar surface area (TPSA) is 17.3 Å². The number of rotatable bonds is 2. The SMILES string of the molecule is Cc1ccc(-n2c3ccccc3c3cc4c(cc32)C(C)(C)C(c2ccccc2)=N4)cc1. The van der Waals surface area contributed by atoms with Gasteiger partial charge in [0.15, 0.2) is 0 Å². The Balaban J connectivity index is 1.66. The Morgan fingerprint density at radius 2 is 1.42 bits per heavy atom. The van der Waals surface area contributed by atoms with E-state index in [1.54, 1.807) is 0 Å². The molecule has 5 aromatic rings. The van der Waals surface area contributed by atoms with Gasteiger partial charge >= 0.3 is 0 Å². The summed E-state index contributed by atoms with van der Waals surface area (Å²) < 4.78 is 2.39. The number of hydrogen-bond acceptors (Lipinski definition) is 1. The van der Waals surface area contributed by atoms with Crippen molar-refractivity contribution in [3.63, 3.8) is 0 Å². The maximum Gasteiger partial charge on any atom is 0.0682 e. The van der Waals surface area contributed by atoms with E-state index in [2.05, 4.69) is 116 Å². The summed E-state index contributed by atoms with van der Waals surface area (Å²) in [6.45, 7) is 6.71. The van der Waals surface area contributed by atoms with E-state index in [-0.39, 0.29) is 5.41 Å². The number of benzene rings is 4. The van der Waals surface area contributed by atoms with E-state index < -0.39 is 0 Å². The van der Waals surface area contributed by atoms with Gasteiger partial charge in [0.25, 0.3) is 0 Å². The first-order chi connectivity index (χ1) is 15.0. The average molecular weight is 401 g/mol. The summed E-state index contributed by atoms with van der Waals surface area (Å²) in [4.78, 5) is 5.13. The Bertz CT molecular complexity index is 1480. The van der Waals surface area contributed by atoms with Gasteiger partial charge in [0.2, 0.25) is 0 Å². The van der Waals surface area contributed by atoms with E-state index in [4.69, 9.17) is 4.99 Å². The lowest BCUT2D eigenvalue weighted by molar-refractivity contribution is 0.738. The minimum atomic E-state index is -0.153. The fourth-order valence-electron chi connectivity index (χ4n) is 4.98. The predicted octanol–water partition coefficient (Wildman–Crippen LogP) is 7.50. The number of fused-ring (bicyclic) bond motifs is 4. The van der Waals surface area contributed by atoms with Gasteiger partial charge in [-0.25, -0.2) is 0 Å². The molecule has 0 spiro atoms. The van der Waals surface area contributed by atoms with E-state index in [0.717, 1.165) is 11.4 Å². The molecule has 1 aliphatic rings. The molecule has 4 aromatic carbocycles. The molecule has 0 saturated carbocycles. The lowest BCUT2D eigenvalue weighted by Crippen LogP contribution is -2.26.